The molecule has 2 atom stereocenters. The molecule has 2 N–H and O–H groups in total. The number of rotatable bonds is 2. The molecule has 3 heteroatoms. The van der Waals surface area contributed by atoms with Crippen molar-refractivity contribution in [2.24, 2.45) is 13.0 Å². The first-order valence-corrected chi connectivity index (χ1v) is 4.96. The minimum Gasteiger partial charge on any atom is -0.384 e. The zero-order valence-corrected chi connectivity index (χ0v) is 8.54. The number of aryl methyl sites for hydroxylation is 1. The number of nitrogens with two attached hydrogens (primary N) is 1. The van der Waals surface area contributed by atoms with Gasteiger partial charge in [0.15, 0.2) is 0 Å². The molecule has 1 aromatic heterocycles. The van der Waals surface area contributed by atoms with Gasteiger partial charge >= 0.3 is 0 Å². The lowest BCUT2D eigenvalue weighted by atomic mass is 10.1. The van der Waals surface area contributed by atoms with E-state index in [9.17, 15) is 0 Å². The first kappa shape index (κ1) is 8.60. The fourth-order valence-corrected chi connectivity index (χ4v) is 1.97. The predicted molar refractivity (Wildman–Crippen MR) is 53.5 cm³/mol. The summed E-state index contributed by atoms with van der Waals surface area (Å²) < 4.78 is 1.80. The zero-order valence-electron chi connectivity index (χ0n) is 8.54. The average Bonchev–Trinajstić information content (AvgIpc) is 2.74. The van der Waals surface area contributed by atoms with Crippen LogP contribution in [0.25, 0.3) is 0 Å². The van der Waals surface area contributed by atoms with Crippen molar-refractivity contribution in [1.29, 1.82) is 0 Å². The highest BCUT2D eigenvalue weighted by Gasteiger charge is 2.38. The Morgan fingerprint density at radius 3 is 2.69 bits per heavy atom. The van der Waals surface area contributed by atoms with Crippen molar-refractivity contribution in [1.82, 2.24) is 9.78 Å². The maximum Gasteiger partial charge on any atom is 0.124 e. The fraction of sp³-hybridized carbons (Fsp3) is 0.700. The lowest BCUT2D eigenvalue weighted by molar-refractivity contribution is 0.742. The zero-order chi connectivity index (χ0) is 9.59. The molecular weight excluding hydrogens is 162 g/mol. The second kappa shape index (κ2) is 2.76. The summed E-state index contributed by atoms with van der Waals surface area (Å²) >= 11 is 0. The molecule has 3 nitrogen and oxygen atoms in total. The molecule has 0 amide bonds. The van der Waals surface area contributed by atoms with Crippen LogP contribution in [0.1, 0.15) is 37.4 Å². The van der Waals surface area contributed by atoms with E-state index in [1.165, 1.54) is 17.7 Å². The fourth-order valence-electron chi connectivity index (χ4n) is 1.97. The standard InChI is InChI=1S/C10H17N3/c1-4-7-9(8-5-6(8)2)12-13(3)10(7)11/h6,8H,4-5,11H2,1-3H3. The molecule has 2 unspecified atom stereocenters. The van der Waals surface area contributed by atoms with Crippen LogP contribution in [0, 0.1) is 5.92 Å². The second-order valence-corrected chi connectivity index (χ2v) is 4.05. The summed E-state index contributed by atoms with van der Waals surface area (Å²) in [6, 6.07) is 0. The van der Waals surface area contributed by atoms with E-state index < -0.39 is 0 Å². The molecule has 0 saturated heterocycles. The van der Waals surface area contributed by atoms with E-state index in [4.69, 9.17) is 5.73 Å². The Kier molecular flexibility index (Phi) is 1.82. The SMILES string of the molecule is CCc1c(C2CC2C)nn(C)c1N. The smallest absolute Gasteiger partial charge is 0.124 e. The Labute approximate surface area is 78.9 Å². The van der Waals surface area contributed by atoms with Crippen molar-refractivity contribution < 1.29 is 0 Å². The van der Waals surface area contributed by atoms with Gasteiger partial charge in [-0.15, -0.1) is 0 Å². The molecule has 1 fully saturated rings. The number of hydrogen-bond donors (Lipinski definition) is 1. The van der Waals surface area contributed by atoms with Gasteiger partial charge in [-0.3, -0.25) is 4.68 Å². The van der Waals surface area contributed by atoms with Crippen molar-refractivity contribution in [2.75, 3.05) is 5.73 Å². The third-order valence-electron chi connectivity index (χ3n) is 3.04. The van der Waals surface area contributed by atoms with Gasteiger partial charge in [-0.05, 0) is 18.8 Å². The van der Waals surface area contributed by atoms with Crippen LogP contribution in [0.3, 0.4) is 0 Å². The summed E-state index contributed by atoms with van der Waals surface area (Å²) in [7, 11) is 1.92. The molecule has 0 spiro atoms. The molecule has 1 aliphatic rings. The van der Waals surface area contributed by atoms with E-state index in [0.717, 1.165) is 18.2 Å². The van der Waals surface area contributed by atoms with E-state index in [-0.39, 0.29) is 0 Å². The predicted octanol–water partition coefficient (Wildman–Crippen LogP) is 1.69. The first-order chi connectivity index (χ1) is 6.15. The van der Waals surface area contributed by atoms with Gasteiger partial charge < -0.3 is 5.73 Å². The number of hydrogen-bond acceptors (Lipinski definition) is 2. The van der Waals surface area contributed by atoms with Crippen LogP contribution >= 0.6 is 0 Å². The summed E-state index contributed by atoms with van der Waals surface area (Å²) in [6.07, 6.45) is 2.28. The van der Waals surface area contributed by atoms with E-state index in [1.54, 1.807) is 4.68 Å². The van der Waals surface area contributed by atoms with Crippen molar-refractivity contribution >= 4 is 5.82 Å². The molecule has 1 aromatic rings. The van der Waals surface area contributed by atoms with E-state index in [0.29, 0.717) is 5.92 Å². The normalized spacial score (nSPS) is 26.4. The Morgan fingerprint density at radius 2 is 2.23 bits per heavy atom. The highest BCUT2D eigenvalue weighted by molar-refractivity contribution is 5.46. The molecule has 0 bridgehead atoms. The topological polar surface area (TPSA) is 43.8 Å². The molecular formula is C10H17N3. The number of anilines is 1. The quantitative estimate of drug-likeness (QED) is 0.750. The molecule has 72 valence electrons. The molecule has 0 aromatic carbocycles. The molecule has 1 heterocycles. The minimum absolute atomic E-state index is 0.679. The summed E-state index contributed by atoms with van der Waals surface area (Å²) in [5, 5.41) is 4.49. The van der Waals surface area contributed by atoms with Crippen LogP contribution in [-0.4, -0.2) is 9.78 Å². The third kappa shape index (κ3) is 1.23. The Hall–Kier alpha value is -0.990. The molecule has 0 radical (unpaired) electrons. The highest BCUT2D eigenvalue weighted by Crippen LogP contribution is 2.48. The van der Waals surface area contributed by atoms with Crippen LogP contribution in [0.2, 0.25) is 0 Å². The Bertz CT molecular complexity index is 327. The van der Waals surface area contributed by atoms with Gasteiger partial charge in [-0.1, -0.05) is 13.8 Å². The molecule has 1 saturated carbocycles. The van der Waals surface area contributed by atoms with Crippen LogP contribution in [0.15, 0.2) is 0 Å². The van der Waals surface area contributed by atoms with E-state index >= 15 is 0 Å². The maximum atomic E-state index is 5.93. The lowest BCUT2D eigenvalue weighted by Gasteiger charge is -1.97. The maximum absolute atomic E-state index is 5.93. The second-order valence-electron chi connectivity index (χ2n) is 4.05. The van der Waals surface area contributed by atoms with Crippen molar-refractivity contribution in [3.8, 4) is 0 Å². The van der Waals surface area contributed by atoms with Crippen molar-refractivity contribution in [3.63, 3.8) is 0 Å². The number of nitrogen functional groups attached to an aromatic ring is 1. The van der Waals surface area contributed by atoms with E-state index in [1.807, 2.05) is 7.05 Å². The van der Waals surface area contributed by atoms with Crippen molar-refractivity contribution in [2.45, 2.75) is 32.6 Å². The van der Waals surface area contributed by atoms with Crippen molar-refractivity contribution in [3.05, 3.63) is 11.3 Å². The highest BCUT2D eigenvalue weighted by atomic mass is 15.3. The monoisotopic (exact) mass is 179 g/mol. The van der Waals surface area contributed by atoms with Gasteiger partial charge in [0.2, 0.25) is 0 Å². The summed E-state index contributed by atoms with van der Waals surface area (Å²) in [4.78, 5) is 0. The van der Waals surface area contributed by atoms with Gasteiger partial charge in [0.1, 0.15) is 5.82 Å². The average molecular weight is 179 g/mol. The van der Waals surface area contributed by atoms with Gasteiger partial charge in [0, 0.05) is 18.5 Å². The largest absolute Gasteiger partial charge is 0.384 e. The van der Waals surface area contributed by atoms with Crippen LogP contribution in [-0.2, 0) is 13.5 Å². The summed E-state index contributed by atoms with van der Waals surface area (Å²) in [6.45, 7) is 4.42. The van der Waals surface area contributed by atoms with Gasteiger partial charge in [-0.2, -0.15) is 5.10 Å². The minimum atomic E-state index is 0.679. The van der Waals surface area contributed by atoms with E-state index in [2.05, 4.69) is 18.9 Å². The lowest BCUT2D eigenvalue weighted by Crippen LogP contribution is -1.98. The molecule has 0 aliphatic heterocycles. The summed E-state index contributed by atoms with van der Waals surface area (Å²) in [5.41, 5.74) is 8.43. The van der Waals surface area contributed by atoms with Crippen LogP contribution in [0.5, 0.6) is 0 Å². The van der Waals surface area contributed by atoms with Crippen LogP contribution < -0.4 is 5.73 Å². The third-order valence-corrected chi connectivity index (χ3v) is 3.04. The summed E-state index contributed by atoms with van der Waals surface area (Å²) in [5.74, 6) is 2.33. The number of nitrogens with zero attached hydrogens (tertiary/aromatic N) is 2. The molecule has 2 rings (SSSR count). The van der Waals surface area contributed by atoms with Crippen LogP contribution in [0.4, 0.5) is 5.82 Å². The molecule has 1 aliphatic carbocycles. The molecule has 13 heavy (non-hydrogen) atoms. The van der Waals surface area contributed by atoms with Gasteiger partial charge in [0.25, 0.3) is 0 Å². The van der Waals surface area contributed by atoms with Gasteiger partial charge in [0.05, 0.1) is 5.69 Å². The Morgan fingerprint density at radius 1 is 1.62 bits per heavy atom. The first-order valence-electron chi connectivity index (χ1n) is 4.96. The number of aromatic nitrogens is 2. The Balaban J connectivity index is 2.39. The van der Waals surface area contributed by atoms with Gasteiger partial charge in [-0.25, -0.2) is 0 Å².